The molecule has 2 rings (SSSR count). The van der Waals surface area contributed by atoms with Crippen LogP contribution in [-0.2, 0) is 4.79 Å². The van der Waals surface area contributed by atoms with Gasteiger partial charge < -0.3 is 5.11 Å². The van der Waals surface area contributed by atoms with Gasteiger partial charge in [0.05, 0.1) is 11.8 Å². The predicted octanol–water partition coefficient (Wildman–Crippen LogP) is 3.71. The molecule has 1 saturated heterocycles. The molecule has 1 aromatic carbocycles. The summed E-state index contributed by atoms with van der Waals surface area (Å²) in [7, 11) is 0. The fraction of sp³-hybridized carbons (Fsp3) is 0.500. The van der Waals surface area contributed by atoms with Crippen molar-refractivity contribution in [3.05, 3.63) is 34.3 Å². The second-order valence-electron chi connectivity index (χ2n) is 5.28. The van der Waals surface area contributed by atoms with Crippen LogP contribution in [0.2, 0.25) is 0 Å². The molecule has 1 aliphatic heterocycles. The van der Waals surface area contributed by atoms with E-state index in [0.717, 1.165) is 10.0 Å². The highest BCUT2D eigenvalue weighted by Crippen LogP contribution is 2.40. The van der Waals surface area contributed by atoms with Gasteiger partial charge in [-0.3, -0.25) is 9.69 Å². The number of carboxylic acid groups (broad SMARTS) is 1. The van der Waals surface area contributed by atoms with Crippen LogP contribution in [0.15, 0.2) is 28.7 Å². The van der Waals surface area contributed by atoms with Crippen LogP contribution < -0.4 is 0 Å². The Labute approximate surface area is 128 Å². The zero-order valence-electron chi connectivity index (χ0n) is 11.3. The first-order chi connectivity index (χ1) is 9.70. The molecule has 3 nitrogen and oxygen atoms in total. The number of halogens is 4. The van der Waals surface area contributed by atoms with E-state index in [2.05, 4.69) is 15.9 Å². The maximum atomic E-state index is 13.0. The molecule has 0 bridgehead atoms. The van der Waals surface area contributed by atoms with E-state index in [1.54, 1.807) is 11.8 Å². The van der Waals surface area contributed by atoms with Gasteiger partial charge in [0.15, 0.2) is 0 Å². The summed E-state index contributed by atoms with van der Waals surface area (Å²) in [4.78, 5) is 12.7. The van der Waals surface area contributed by atoms with E-state index in [9.17, 15) is 18.0 Å². The Morgan fingerprint density at radius 3 is 2.57 bits per heavy atom. The number of benzene rings is 1. The van der Waals surface area contributed by atoms with Gasteiger partial charge >= 0.3 is 12.1 Å². The van der Waals surface area contributed by atoms with Crippen LogP contribution in [0.5, 0.6) is 0 Å². The van der Waals surface area contributed by atoms with Gasteiger partial charge in [0, 0.05) is 23.6 Å². The normalized spacial score (nSPS) is 25.0. The highest BCUT2D eigenvalue weighted by molar-refractivity contribution is 9.10. The molecule has 21 heavy (non-hydrogen) atoms. The first kappa shape index (κ1) is 16.3. The molecule has 0 amide bonds. The number of nitrogens with zero attached hydrogens (tertiary/aromatic N) is 1. The quantitative estimate of drug-likeness (QED) is 0.887. The van der Waals surface area contributed by atoms with E-state index < -0.39 is 24.0 Å². The molecule has 116 valence electrons. The molecule has 1 N–H and O–H groups in total. The van der Waals surface area contributed by atoms with Crippen molar-refractivity contribution in [3.63, 3.8) is 0 Å². The third kappa shape index (κ3) is 3.58. The van der Waals surface area contributed by atoms with Crippen LogP contribution in [0.25, 0.3) is 0 Å². The van der Waals surface area contributed by atoms with Gasteiger partial charge in [0.25, 0.3) is 0 Å². The largest absolute Gasteiger partial charge is 0.481 e. The number of alkyl halides is 3. The van der Waals surface area contributed by atoms with E-state index in [1.165, 1.54) is 0 Å². The highest BCUT2D eigenvalue weighted by atomic mass is 79.9. The highest BCUT2D eigenvalue weighted by Gasteiger charge is 2.53. The lowest BCUT2D eigenvalue weighted by Crippen LogP contribution is -2.33. The first-order valence-corrected chi connectivity index (χ1v) is 7.28. The van der Waals surface area contributed by atoms with Crippen molar-refractivity contribution in [3.8, 4) is 0 Å². The maximum absolute atomic E-state index is 13.0. The molecule has 1 aromatic rings. The summed E-state index contributed by atoms with van der Waals surface area (Å²) < 4.78 is 39.8. The molecule has 1 heterocycles. The minimum atomic E-state index is -4.49. The standard InChI is InChI=1S/C14H15BrF3NO2/c1-8(9-3-2-4-10(15)5-9)19-6-11(13(20)21)12(7-19)14(16,17)18/h2-5,8,11-12H,6-7H2,1H3,(H,20,21)/t8?,11-,12-/m1/s1. The zero-order valence-corrected chi connectivity index (χ0v) is 12.9. The van der Waals surface area contributed by atoms with Crippen LogP contribution in [0, 0.1) is 11.8 Å². The maximum Gasteiger partial charge on any atom is 0.393 e. The Balaban J connectivity index is 2.20. The molecule has 0 aliphatic carbocycles. The van der Waals surface area contributed by atoms with Crippen molar-refractivity contribution in [2.45, 2.75) is 19.1 Å². The fourth-order valence-corrected chi connectivity index (χ4v) is 3.13. The third-order valence-electron chi connectivity index (χ3n) is 3.96. The third-order valence-corrected chi connectivity index (χ3v) is 4.46. The Hall–Kier alpha value is -1.08. The van der Waals surface area contributed by atoms with Gasteiger partial charge in [0.2, 0.25) is 0 Å². The van der Waals surface area contributed by atoms with Gasteiger partial charge in [-0.05, 0) is 24.6 Å². The topological polar surface area (TPSA) is 40.5 Å². The molecule has 1 fully saturated rings. The molecule has 0 spiro atoms. The van der Waals surface area contributed by atoms with Crippen molar-refractivity contribution in [1.82, 2.24) is 4.90 Å². The molecule has 3 atom stereocenters. The number of likely N-dealkylation sites (tertiary alicyclic amines) is 1. The SMILES string of the molecule is CC(c1cccc(Br)c1)N1C[C@@H](C(F)(F)F)[C@H](C(=O)O)C1. The van der Waals surface area contributed by atoms with E-state index in [1.807, 2.05) is 24.3 Å². The van der Waals surface area contributed by atoms with Crippen LogP contribution in [0.3, 0.4) is 0 Å². The lowest BCUT2D eigenvalue weighted by Gasteiger charge is -2.25. The summed E-state index contributed by atoms with van der Waals surface area (Å²) in [5.41, 5.74) is 0.858. The van der Waals surface area contributed by atoms with Crippen LogP contribution in [-0.4, -0.2) is 35.2 Å². The second-order valence-corrected chi connectivity index (χ2v) is 6.19. The van der Waals surface area contributed by atoms with Crippen molar-refractivity contribution in [2.24, 2.45) is 11.8 Å². The minimum Gasteiger partial charge on any atom is -0.481 e. The molecular formula is C14H15BrF3NO2. The average molecular weight is 366 g/mol. The molecule has 1 aliphatic rings. The number of carboxylic acids is 1. The number of rotatable bonds is 3. The first-order valence-electron chi connectivity index (χ1n) is 6.49. The second kappa shape index (κ2) is 5.96. The summed E-state index contributed by atoms with van der Waals surface area (Å²) in [6, 6.07) is 7.03. The predicted molar refractivity (Wildman–Crippen MR) is 74.8 cm³/mol. The Kier molecular flexibility index (Phi) is 4.63. The summed E-state index contributed by atoms with van der Waals surface area (Å²) in [5, 5.41) is 9.03. The van der Waals surface area contributed by atoms with Gasteiger partial charge in [-0.2, -0.15) is 13.2 Å². The molecule has 0 radical (unpaired) electrons. The summed E-state index contributed by atoms with van der Waals surface area (Å²) >= 11 is 3.33. The van der Waals surface area contributed by atoms with Crippen molar-refractivity contribution < 1.29 is 23.1 Å². The van der Waals surface area contributed by atoms with Crippen molar-refractivity contribution in [2.75, 3.05) is 13.1 Å². The molecular weight excluding hydrogens is 351 g/mol. The number of hydrogen-bond donors (Lipinski definition) is 1. The summed E-state index contributed by atoms with van der Waals surface area (Å²) in [5.74, 6) is -4.61. The monoisotopic (exact) mass is 365 g/mol. The Morgan fingerprint density at radius 1 is 1.43 bits per heavy atom. The summed E-state index contributed by atoms with van der Waals surface area (Å²) in [6.07, 6.45) is -4.49. The fourth-order valence-electron chi connectivity index (χ4n) is 2.71. The van der Waals surface area contributed by atoms with Crippen LogP contribution in [0.1, 0.15) is 18.5 Å². The van der Waals surface area contributed by atoms with E-state index in [-0.39, 0.29) is 19.1 Å². The van der Waals surface area contributed by atoms with Crippen molar-refractivity contribution >= 4 is 21.9 Å². The van der Waals surface area contributed by atoms with Crippen molar-refractivity contribution in [1.29, 1.82) is 0 Å². The van der Waals surface area contributed by atoms with E-state index >= 15 is 0 Å². The summed E-state index contributed by atoms with van der Waals surface area (Å²) in [6.45, 7) is 1.42. The Morgan fingerprint density at radius 2 is 2.10 bits per heavy atom. The van der Waals surface area contributed by atoms with Gasteiger partial charge in [0.1, 0.15) is 0 Å². The zero-order chi connectivity index (χ0) is 15.8. The number of aliphatic carboxylic acids is 1. The lowest BCUT2D eigenvalue weighted by molar-refractivity contribution is -0.188. The van der Waals surface area contributed by atoms with E-state index in [0.29, 0.717) is 0 Å². The minimum absolute atomic E-state index is 0.0901. The van der Waals surface area contributed by atoms with Crippen LogP contribution in [0.4, 0.5) is 13.2 Å². The van der Waals surface area contributed by atoms with Gasteiger partial charge in [-0.15, -0.1) is 0 Å². The lowest BCUT2D eigenvalue weighted by atomic mass is 9.96. The van der Waals surface area contributed by atoms with Gasteiger partial charge in [-0.25, -0.2) is 0 Å². The smallest absolute Gasteiger partial charge is 0.393 e. The Bertz CT molecular complexity index is 535. The molecule has 7 heteroatoms. The number of carbonyl (C=O) groups is 1. The average Bonchev–Trinajstić information content (AvgIpc) is 2.83. The molecule has 0 saturated carbocycles. The molecule has 0 aromatic heterocycles. The van der Waals surface area contributed by atoms with Gasteiger partial charge in [-0.1, -0.05) is 28.1 Å². The van der Waals surface area contributed by atoms with Crippen LogP contribution >= 0.6 is 15.9 Å². The van der Waals surface area contributed by atoms with E-state index in [4.69, 9.17) is 5.11 Å². The molecule has 1 unspecified atom stereocenters. The number of hydrogen-bond acceptors (Lipinski definition) is 2.